The number of rotatable bonds is 1. The number of piperidine rings is 2. The molecule has 24 heavy (non-hydrogen) atoms. The molecular formula is C16H21ClN4O3. The lowest BCUT2D eigenvalue weighted by molar-refractivity contribution is -0.0343. The Morgan fingerprint density at radius 1 is 1.12 bits per heavy atom. The van der Waals surface area contributed by atoms with Crippen molar-refractivity contribution in [3.8, 4) is 0 Å². The molecule has 130 valence electrons. The molecule has 0 aromatic carbocycles. The Labute approximate surface area is 145 Å². The Bertz CT molecular complexity index is 644. The monoisotopic (exact) mass is 352 g/mol. The van der Waals surface area contributed by atoms with Crippen molar-refractivity contribution in [3.05, 3.63) is 23.2 Å². The Morgan fingerprint density at radius 2 is 1.75 bits per heavy atom. The molecule has 7 nitrogen and oxygen atoms in total. The van der Waals surface area contributed by atoms with Crippen LogP contribution in [0.3, 0.4) is 0 Å². The average molecular weight is 353 g/mol. The molecule has 1 aromatic rings. The van der Waals surface area contributed by atoms with E-state index in [2.05, 4.69) is 9.97 Å². The largest absolute Gasteiger partial charge is 0.444 e. The maximum absolute atomic E-state index is 12.7. The molecule has 8 heteroatoms. The van der Waals surface area contributed by atoms with E-state index in [1.54, 1.807) is 9.80 Å². The van der Waals surface area contributed by atoms with E-state index in [-0.39, 0.29) is 34.9 Å². The molecule has 4 rings (SSSR count). The third-order valence-electron chi connectivity index (χ3n) is 4.26. The zero-order valence-electron chi connectivity index (χ0n) is 14.0. The van der Waals surface area contributed by atoms with Crippen molar-refractivity contribution in [1.82, 2.24) is 19.8 Å². The first kappa shape index (κ1) is 17.0. The standard InChI is InChI=1S/C16H21ClN4O3/c1-16(2,3)24-15(23)21-9-10-4-5-11(21)8-20(10)14(22)12-6-19-13(17)7-18-12/h6-7,10-11H,4-5,8-9H2,1-3H3. The van der Waals surface area contributed by atoms with Gasteiger partial charge in [-0.3, -0.25) is 4.79 Å². The highest BCUT2D eigenvalue weighted by Gasteiger charge is 2.44. The molecule has 3 fully saturated rings. The fourth-order valence-corrected chi connectivity index (χ4v) is 3.29. The van der Waals surface area contributed by atoms with E-state index >= 15 is 0 Å². The summed E-state index contributed by atoms with van der Waals surface area (Å²) >= 11 is 5.72. The van der Waals surface area contributed by atoms with Crippen molar-refractivity contribution in [2.45, 2.75) is 51.3 Å². The van der Waals surface area contributed by atoms with Crippen LogP contribution in [0.1, 0.15) is 44.1 Å². The van der Waals surface area contributed by atoms with Gasteiger partial charge < -0.3 is 14.5 Å². The highest BCUT2D eigenvalue weighted by molar-refractivity contribution is 6.29. The minimum absolute atomic E-state index is 0.0194. The molecular weight excluding hydrogens is 332 g/mol. The maximum atomic E-state index is 12.7. The highest BCUT2D eigenvalue weighted by Crippen LogP contribution is 2.31. The molecule has 2 bridgehead atoms. The lowest BCUT2D eigenvalue weighted by Gasteiger charge is -2.51. The second-order valence-electron chi connectivity index (χ2n) is 7.20. The van der Waals surface area contributed by atoms with Gasteiger partial charge in [-0.2, -0.15) is 0 Å². The molecule has 0 N–H and O–H groups in total. The molecule has 0 aliphatic carbocycles. The first-order valence-corrected chi connectivity index (χ1v) is 8.40. The zero-order valence-corrected chi connectivity index (χ0v) is 14.8. The maximum Gasteiger partial charge on any atom is 0.410 e. The summed E-state index contributed by atoms with van der Waals surface area (Å²) in [5.41, 5.74) is -0.252. The lowest BCUT2D eigenvalue weighted by atomic mass is 9.91. The van der Waals surface area contributed by atoms with Crippen LogP contribution in [0.5, 0.6) is 0 Å². The summed E-state index contributed by atoms with van der Waals surface area (Å²) in [6.45, 7) is 6.53. The number of ether oxygens (including phenoxy) is 1. The van der Waals surface area contributed by atoms with Crippen LogP contribution in [0.2, 0.25) is 5.15 Å². The summed E-state index contributed by atoms with van der Waals surface area (Å²) in [5, 5.41) is 0.253. The van der Waals surface area contributed by atoms with Gasteiger partial charge in [-0.05, 0) is 33.6 Å². The third-order valence-corrected chi connectivity index (χ3v) is 4.45. The third kappa shape index (κ3) is 3.45. The summed E-state index contributed by atoms with van der Waals surface area (Å²) in [6.07, 6.45) is 4.19. The second-order valence-corrected chi connectivity index (χ2v) is 7.59. The van der Waals surface area contributed by atoms with E-state index in [0.717, 1.165) is 12.8 Å². The van der Waals surface area contributed by atoms with Crippen molar-refractivity contribution in [2.24, 2.45) is 0 Å². The number of carbonyl (C=O) groups excluding carboxylic acids is 2. The molecule has 2 unspecified atom stereocenters. The summed E-state index contributed by atoms with van der Waals surface area (Å²) in [6, 6.07) is -0.0402. The summed E-state index contributed by atoms with van der Waals surface area (Å²) in [4.78, 5) is 36.5. The number of halogens is 1. The quantitative estimate of drug-likeness (QED) is 0.775. The topological polar surface area (TPSA) is 75.6 Å². The Balaban J connectivity index is 1.70. The molecule has 3 saturated heterocycles. The van der Waals surface area contributed by atoms with E-state index < -0.39 is 5.60 Å². The Kier molecular flexibility index (Phi) is 4.38. The number of hydrogen-bond donors (Lipinski definition) is 0. The van der Waals surface area contributed by atoms with E-state index in [0.29, 0.717) is 13.1 Å². The van der Waals surface area contributed by atoms with Gasteiger partial charge in [-0.25, -0.2) is 14.8 Å². The fourth-order valence-electron chi connectivity index (χ4n) is 3.19. The summed E-state index contributed by atoms with van der Waals surface area (Å²) < 4.78 is 5.47. The predicted octanol–water partition coefficient (Wildman–Crippen LogP) is 2.35. The van der Waals surface area contributed by atoms with Crippen molar-refractivity contribution >= 4 is 23.6 Å². The summed E-state index contributed by atoms with van der Waals surface area (Å²) in [5.74, 6) is -0.169. The van der Waals surface area contributed by atoms with E-state index in [9.17, 15) is 9.59 Å². The minimum Gasteiger partial charge on any atom is -0.444 e. The van der Waals surface area contributed by atoms with Gasteiger partial charge in [0.25, 0.3) is 5.91 Å². The molecule has 1 aromatic heterocycles. The first-order valence-electron chi connectivity index (χ1n) is 8.03. The van der Waals surface area contributed by atoms with Crippen LogP contribution in [0.25, 0.3) is 0 Å². The SMILES string of the molecule is CC(C)(C)OC(=O)N1CC2CCC1CN2C(=O)c1cnc(Cl)cn1. The molecule has 0 radical (unpaired) electrons. The molecule has 3 aliphatic rings. The van der Waals surface area contributed by atoms with Crippen LogP contribution in [-0.2, 0) is 4.74 Å². The van der Waals surface area contributed by atoms with Crippen molar-refractivity contribution in [1.29, 1.82) is 0 Å². The van der Waals surface area contributed by atoms with Crippen molar-refractivity contribution in [3.63, 3.8) is 0 Å². The van der Waals surface area contributed by atoms with Crippen molar-refractivity contribution < 1.29 is 14.3 Å². The van der Waals surface area contributed by atoms with Crippen LogP contribution in [0.4, 0.5) is 4.79 Å². The van der Waals surface area contributed by atoms with E-state index in [4.69, 9.17) is 16.3 Å². The zero-order chi connectivity index (χ0) is 17.5. The van der Waals surface area contributed by atoms with Crippen LogP contribution >= 0.6 is 11.6 Å². The molecule has 2 atom stereocenters. The van der Waals surface area contributed by atoms with Gasteiger partial charge in [-0.1, -0.05) is 11.6 Å². The fraction of sp³-hybridized carbons (Fsp3) is 0.625. The number of nitrogens with zero attached hydrogens (tertiary/aromatic N) is 4. The lowest BCUT2D eigenvalue weighted by Crippen LogP contribution is -2.65. The van der Waals surface area contributed by atoms with E-state index in [1.807, 2.05) is 20.8 Å². The second kappa shape index (κ2) is 6.20. The molecule has 0 saturated carbocycles. The number of carbonyl (C=O) groups is 2. The molecule has 2 amide bonds. The number of piperazine rings is 1. The van der Waals surface area contributed by atoms with Gasteiger partial charge in [0.15, 0.2) is 0 Å². The number of aromatic nitrogens is 2. The van der Waals surface area contributed by atoms with Crippen LogP contribution in [0, 0.1) is 0 Å². The molecule has 0 spiro atoms. The predicted molar refractivity (Wildman–Crippen MR) is 87.8 cm³/mol. The molecule has 3 aliphatic heterocycles. The van der Waals surface area contributed by atoms with Gasteiger partial charge in [0.2, 0.25) is 0 Å². The Hall–Kier alpha value is -1.89. The smallest absolute Gasteiger partial charge is 0.410 e. The normalized spacial score (nSPS) is 23.3. The van der Waals surface area contributed by atoms with E-state index in [1.165, 1.54) is 12.4 Å². The van der Waals surface area contributed by atoms with Gasteiger partial charge >= 0.3 is 6.09 Å². The number of amides is 2. The minimum atomic E-state index is -0.526. The van der Waals surface area contributed by atoms with Gasteiger partial charge in [0, 0.05) is 19.1 Å². The highest BCUT2D eigenvalue weighted by atomic mass is 35.5. The average Bonchev–Trinajstić information content (AvgIpc) is 2.53. The first-order chi connectivity index (χ1) is 11.2. The van der Waals surface area contributed by atoms with Crippen LogP contribution < -0.4 is 0 Å². The number of hydrogen-bond acceptors (Lipinski definition) is 5. The van der Waals surface area contributed by atoms with Crippen LogP contribution in [-0.4, -0.2) is 62.5 Å². The van der Waals surface area contributed by atoms with Crippen LogP contribution in [0.15, 0.2) is 12.4 Å². The van der Waals surface area contributed by atoms with Crippen molar-refractivity contribution in [2.75, 3.05) is 13.1 Å². The van der Waals surface area contributed by atoms with Gasteiger partial charge in [0.05, 0.1) is 18.4 Å². The van der Waals surface area contributed by atoms with Gasteiger partial charge in [-0.15, -0.1) is 0 Å². The summed E-state index contributed by atoms with van der Waals surface area (Å²) in [7, 11) is 0. The molecule has 4 heterocycles. The Morgan fingerprint density at radius 3 is 2.25 bits per heavy atom. The number of fused-ring (bicyclic) bond motifs is 3. The van der Waals surface area contributed by atoms with Gasteiger partial charge in [0.1, 0.15) is 16.4 Å².